The lowest BCUT2D eigenvalue weighted by Crippen LogP contribution is -1.97. The summed E-state index contributed by atoms with van der Waals surface area (Å²) < 4.78 is 34.6. The highest BCUT2D eigenvalue weighted by Crippen LogP contribution is 2.37. The fraction of sp³-hybridized carbons (Fsp3) is 0.0385. The van der Waals surface area contributed by atoms with Gasteiger partial charge in [-0.05, 0) is 110 Å². The van der Waals surface area contributed by atoms with E-state index in [2.05, 4.69) is 75.6 Å². The van der Waals surface area contributed by atoms with Gasteiger partial charge in [0, 0.05) is 57.2 Å². The Morgan fingerprint density at radius 2 is 0.933 bits per heavy atom. The molecule has 0 radical (unpaired) electrons. The molecule has 0 saturated carbocycles. The lowest BCUT2D eigenvalue weighted by atomic mass is 10.1. The van der Waals surface area contributed by atoms with Gasteiger partial charge in [0.05, 0.1) is 48.6 Å². The third kappa shape index (κ3) is 6.27. The van der Waals surface area contributed by atoms with Crippen LogP contribution in [0, 0.1) is 13.8 Å². The van der Waals surface area contributed by atoms with E-state index < -0.39 is 0 Å². The number of rotatable bonds is 8. The van der Waals surface area contributed by atoms with Crippen molar-refractivity contribution in [2.75, 3.05) is 0 Å². The van der Waals surface area contributed by atoms with Gasteiger partial charge in [0.1, 0.15) is 34.6 Å². The van der Waals surface area contributed by atoms with Crippen LogP contribution in [-0.4, -0.2) is 29.1 Å². The van der Waals surface area contributed by atoms with Gasteiger partial charge in [0.25, 0.3) is 0 Å². The SMILES string of the molecule is [2H]c1cc(-c2cnc(-c3cccc(Oc4ccc5c6ccccc6n(-c6cc(C)ccn6)c5c4)c3)cn2)cc(Oc2ccc3c4ccccc4n(-c4cc(C)ccn4)c3c2)c1[2H]. The van der Waals surface area contributed by atoms with Crippen molar-refractivity contribution in [3.8, 4) is 57.1 Å². The van der Waals surface area contributed by atoms with Gasteiger partial charge < -0.3 is 9.47 Å². The van der Waals surface area contributed by atoms with Gasteiger partial charge in [-0.3, -0.25) is 19.1 Å². The minimum Gasteiger partial charge on any atom is -0.457 e. The van der Waals surface area contributed by atoms with E-state index >= 15 is 0 Å². The van der Waals surface area contributed by atoms with Crippen molar-refractivity contribution in [3.05, 3.63) is 194 Å². The number of para-hydroxylation sites is 2. The molecular formula is C52H36N6O2. The number of aromatic nitrogens is 6. The largest absolute Gasteiger partial charge is 0.457 e. The number of hydrogen-bond donors (Lipinski definition) is 0. The zero-order valence-electron chi connectivity index (χ0n) is 34.7. The van der Waals surface area contributed by atoms with Crippen LogP contribution >= 0.6 is 0 Å². The third-order valence-electron chi connectivity index (χ3n) is 10.8. The van der Waals surface area contributed by atoms with Gasteiger partial charge >= 0.3 is 0 Å². The highest BCUT2D eigenvalue weighted by Gasteiger charge is 2.16. The second-order valence-electron chi connectivity index (χ2n) is 14.8. The van der Waals surface area contributed by atoms with Gasteiger partial charge in [0.15, 0.2) is 0 Å². The van der Waals surface area contributed by atoms with Crippen LogP contribution in [0.4, 0.5) is 0 Å². The Labute approximate surface area is 348 Å². The molecule has 286 valence electrons. The van der Waals surface area contributed by atoms with Crippen molar-refractivity contribution in [2.24, 2.45) is 0 Å². The van der Waals surface area contributed by atoms with E-state index in [1.807, 2.05) is 98.2 Å². The van der Waals surface area contributed by atoms with Gasteiger partial charge in [-0.1, -0.05) is 60.6 Å². The summed E-state index contributed by atoms with van der Waals surface area (Å²) in [6.45, 7) is 4.12. The minimum absolute atomic E-state index is 0.0149. The van der Waals surface area contributed by atoms with Crippen molar-refractivity contribution >= 4 is 43.6 Å². The van der Waals surface area contributed by atoms with E-state index in [9.17, 15) is 0 Å². The molecule has 0 amide bonds. The maximum absolute atomic E-state index is 8.74. The van der Waals surface area contributed by atoms with Crippen molar-refractivity contribution in [2.45, 2.75) is 13.8 Å². The number of hydrogen-bond acceptors (Lipinski definition) is 6. The molecule has 5 heterocycles. The van der Waals surface area contributed by atoms with Crippen LogP contribution in [0.5, 0.6) is 23.0 Å². The summed E-state index contributed by atoms with van der Waals surface area (Å²) in [4.78, 5) is 18.9. The fourth-order valence-electron chi connectivity index (χ4n) is 8.02. The quantitative estimate of drug-likeness (QED) is 0.153. The molecule has 0 aliphatic carbocycles. The number of fused-ring (bicyclic) bond motifs is 6. The molecule has 6 aromatic carbocycles. The topological polar surface area (TPSA) is 79.9 Å². The number of benzene rings is 6. The summed E-state index contributed by atoms with van der Waals surface area (Å²) in [5, 5.41) is 4.42. The summed E-state index contributed by atoms with van der Waals surface area (Å²) in [6.07, 6.45) is 7.04. The Kier molecular flexibility index (Phi) is 7.89. The molecule has 0 N–H and O–H groups in total. The fourth-order valence-corrected chi connectivity index (χ4v) is 8.02. The molecule has 0 aliphatic rings. The van der Waals surface area contributed by atoms with Gasteiger partial charge in [-0.25, -0.2) is 9.97 Å². The van der Waals surface area contributed by atoms with Crippen LogP contribution < -0.4 is 9.47 Å². The smallest absolute Gasteiger partial charge is 0.137 e. The Hall–Kier alpha value is -8.10. The zero-order chi connectivity index (χ0) is 41.9. The number of nitrogens with zero attached hydrogens (tertiary/aromatic N) is 6. The molecule has 0 unspecified atom stereocenters. The molecule has 0 spiro atoms. The molecule has 8 nitrogen and oxygen atoms in total. The van der Waals surface area contributed by atoms with E-state index in [0.717, 1.165) is 71.9 Å². The Bertz CT molecular complexity index is 3540. The van der Waals surface area contributed by atoms with Crippen molar-refractivity contribution in [1.29, 1.82) is 0 Å². The lowest BCUT2D eigenvalue weighted by molar-refractivity contribution is 0.483. The third-order valence-corrected chi connectivity index (χ3v) is 10.8. The Balaban J connectivity index is 0.874. The molecule has 60 heavy (non-hydrogen) atoms. The maximum Gasteiger partial charge on any atom is 0.137 e. The van der Waals surface area contributed by atoms with Gasteiger partial charge in [-0.2, -0.15) is 0 Å². The van der Waals surface area contributed by atoms with Crippen LogP contribution in [0.2, 0.25) is 0 Å². The molecule has 0 aliphatic heterocycles. The van der Waals surface area contributed by atoms with E-state index in [1.165, 1.54) is 0 Å². The molecular weight excluding hydrogens is 741 g/mol. The number of pyridine rings is 2. The van der Waals surface area contributed by atoms with Crippen LogP contribution in [-0.2, 0) is 0 Å². The summed E-state index contributed by atoms with van der Waals surface area (Å²) >= 11 is 0. The standard InChI is InChI=1S/C52H36N6O2/c1-33-21-23-53-51(25-33)57-47-15-5-3-13-41(47)43-19-17-39(29-49(43)57)59-37-11-7-9-35(27-37)45-31-56-46(32-55-45)36-10-8-12-38(28-36)60-40-18-20-44-42-14-4-6-16-48(42)58(50(44)30-40)52-26-34(2)22-24-54-52/h3-32H,1-2H3/i7D,11D. The lowest BCUT2D eigenvalue weighted by Gasteiger charge is -2.11. The van der Waals surface area contributed by atoms with E-state index in [4.69, 9.17) is 27.2 Å². The average molecular weight is 779 g/mol. The van der Waals surface area contributed by atoms with Gasteiger partial charge in [0.2, 0.25) is 0 Å². The van der Waals surface area contributed by atoms with Crippen LogP contribution in [0.1, 0.15) is 13.9 Å². The molecule has 0 bridgehead atoms. The van der Waals surface area contributed by atoms with E-state index in [-0.39, 0.29) is 17.8 Å². The first-order valence-electron chi connectivity index (χ1n) is 20.7. The normalized spacial score (nSPS) is 12.0. The number of ether oxygens (including phenoxy) is 2. The molecule has 5 aromatic heterocycles. The highest BCUT2D eigenvalue weighted by molar-refractivity contribution is 6.10. The second-order valence-corrected chi connectivity index (χ2v) is 14.8. The molecule has 0 saturated heterocycles. The predicted octanol–water partition coefficient (Wildman–Crippen LogP) is 13.0. The van der Waals surface area contributed by atoms with Crippen LogP contribution in [0.25, 0.3) is 77.8 Å². The van der Waals surface area contributed by atoms with E-state index in [1.54, 1.807) is 24.5 Å². The first kappa shape index (κ1) is 32.9. The van der Waals surface area contributed by atoms with Crippen molar-refractivity contribution in [3.63, 3.8) is 0 Å². The highest BCUT2D eigenvalue weighted by atomic mass is 16.5. The molecule has 8 heteroatoms. The average Bonchev–Trinajstić information content (AvgIpc) is 3.80. The van der Waals surface area contributed by atoms with Gasteiger partial charge in [-0.15, -0.1) is 0 Å². The summed E-state index contributed by atoms with van der Waals surface area (Å²) in [5.41, 5.74) is 8.93. The van der Waals surface area contributed by atoms with Crippen LogP contribution in [0.15, 0.2) is 182 Å². The van der Waals surface area contributed by atoms with Crippen molar-refractivity contribution < 1.29 is 12.2 Å². The Morgan fingerprint density at radius 3 is 1.50 bits per heavy atom. The monoisotopic (exact) mass is 778 g/mol. The second kappa shape index (κ2) is 14.4. The summed E-state index contributed by atoms with van der Waals surface area (Å²) in [6, 6.07) is 47.9. The Morgan fingerprint density at radius 1 is 0.433 bits per heavy atom. The van der Waals surface area contributed by atoms with E-state index in [0.29, 0.717) is 34.2 Å². The molecule has 0 fully saturated rings. The molecule has 11 rings (SSSR count). The van der Waals surface area contributed by atoms with Crippen LogP contribution in [0.3, 0.4) is 0 Å². The first-order chi connectivity index (χ1) is 30.3. The minimum atomic E-state index is -0.0245. The first-order valence-corrected chi connectivity index (χ1v) is 19.7. The summed E-state index contributed by atoms with van der Waals surface area (Å²) in [7, 11) is 0. The maximum atomic E-state index is 8.74. The van der Waals surface area contributed by atoms with Crippen molar-refractivity contribution in [1.82, 2.24) is 29.1 Å². The summed E-state index contributed by atoms with van der Waals surface area (Å²) in [5.74, 6) is 3.79. The number of aryl methyl sites for hydroxylation is 2. The molecule has 11 aromatic rings. The predicted molar refractivity (Wildman–Crippen MR) is 240 cm³/mol. The molecule has 0 atom stereocenters. The zero-order valence-corrected chi connectivity index (χ0v) is 32.7.